The topological polar surface area (TPSA) is 56.7 Å². The first-order valence-corrected chi connectivity index (χ1v) is 18.5. The van der Waals surface area contributed by atoms with Crippen molar-refractivity contribution in [2.24, 2.45) is 5.41 Å². The Morgan fingerprint density at radius 3 is 1.87 bits per heavy atom. The Hall–Kier alpha value is -6.07. The summed E-state index contributed by atoms with van der Waals surface area (Å²) in [5.41, 5.74) is 10.7. The predicted molar refractivity (Wildman–Crippen MR) is 218 cm³/mol. The van der Waals surface area contributed by atoms with Gasteiger partial charge in [-0.15, -0.1) is 0 Å². The number of hydrogen-bond donors (Lipinski definition) is 0. The molecule has 53 heavy (non-hydrogen) atoms. The SMILES string of the molecule is CC1(C)c2cc3c4ccccc4n(-c4cccc(-c5nc(-c6ccccc6)nc(-c6cccc7c6oc6ccccc67)n5)c4)c3cc2C(C)(C)C1(C)C. The van der Waals surface area contributed by atoms with Gasteiger partial charge in [0.15, 0.2) is 17.5 Å². The monoisotopic (exact) mass is 688 g/mol. The Balaban J connectivity index is 1.19. The van der Waals surface area contributed by atoms with Crippen molar-refractivity contribution >= 4 is 43.7 Å². The van der Waals surface area contributed by atoms with Crippen LogP contribution in [-0.2, 0) is 10.8 Å². The van der Waals surface area contributed by atoms with Crippen molar-refractivity contribution in [3.8, 4) is 39.9 Å². The third kappa shape index (κ3) is 4.40. The number of benzene rings is 6. The molecule has 0 saturated carbocycles. The molecule has 9 aromatic rings. The molecule has 5 heteroatoms. The molecule has 0 N–H and O–H groups in total. The third-order valence-electron chi connectivity index (χ3n) is 13.0. The predicted octanol–water partition coefficient (Wildman–Crippen LogP) is 12.5. The highest BCUT2D eigenvalue weighted by molar-refractivity contribution is 6.10. The van der Waals surface area contributed by atoms with E-state index in [9.17, 15) is 0 Å². The van der Waals surface area contributed by atoms with Crippen molar-refractivity contribution < 1.29 is 4.42 Å². The molecule has 0 unspecified atom stereocenters. The van der Waals surface area contributed by atoms with Crippen LogP contribution in [0, 0.1) is 5.41 Å². The van der Waals surface area contributed by atoms with E-state index in [1.807, 2.05) is 54.6 Å². The van der Waals surface area contributed by atoms with Crippen LogP contribution in [0.3, 0.4) is 0 Å². The maximum atomic E-state index is 6.45. The van der Waals surface area contributed by atoms with Crippen LogP contribution < -0.4 is 0 Å². The van der Waals surface area contributed by atoms with Crippen molar-refractivity contribution in [1.29, 1.82) is 0 Å². The smallest absolute Gasteiger partial charge is 0.167 e. The Morgan fingerprint density at radius 1 is 0.472 bits per heavy atom. The lowest BCUT2D eigenvalue weighted by Crippen LogP contribution is -2.42. The molecule has 0 saturated heterocycles. The summed E-state index contributed by atoms with van der Waals surface area (Å²) >= 11 is 0. The Bertz CT molecular complexity index is 2930. The lowest BCUT2D eigenvalue weighted by atomic mass is 9.59. The average Bonchev–Trinajstić information content (AvgIpc) is 3.75. The number of nitrogens with zero attached hydrogens (tertiary/aromatic N) is 4. The van der Waals surface area contributed by atoms with Gasteiger partial charge in [0.05, 0.1) is 16.6 Å². The highest BCUT2D eigenvalue weighted by Gasteiger charge is 2.57. The second kappa shape index (κ2) is 11.0. The highest BCUT2D eigenvalue weighted by atomic mass is 16.3. The molecule has 0 bridgehead atoms. The summed E-state index contributed by atoms with van der Waals surface area (Å²) < 4.78 is 8.86. The van der Waals surface area contributed by atoms with E-state index in [2.05, 4.69) is 125 Å². The van der Waals surface area contributed by atoms with Gasteiger partial charge in [0.1, 0.15) is 11.2 Å². The van der Waals surface area contributed by atoms with E-state index in [0.717, 1.165) is 44.3 Å². The Morgan fingerprint density at radius 2 is 1.08 bits per heavy atom. The molecule has 0 radical (unpaired) electrons. The number of para-hydroxylation sites is 3. The first-order valence-electron chi connectivity index (χ1n) is 18.5. The van der Waals surface area contributed by atoms with E-state index in [1.54, 1.807) is 0 Å². The summed E-state index contributed by atoms with van der Waals surface area (Å²) in [5.74, 6) is 1.79. The standard InChI is InChI=1S/C48H40N4O/c1-46(2)37-27-36-32-20-10-12-24-39(32)52(40(36)28-38(37)47(3,4)48(46,5)6)31-19-14-18-30(26-31)44-49-43(29-16-8-7-9-17-29)50-45(51-44)35-23-15-22-34-33-21-11-13-25-41(33)53-42(34)35/h7-28H,1-6H3. The van der Waals surface area contributed by atoms with Gasteiger partial charge in [-0.1, -0.05) is 133 Å². The molecule has 0 spiro atoms. The van der Waals surface area contributed by atoms with Crippen LogP contribution in [0.2, 0.25) is 0 Å². The van der Waals surface area contributed by atoms with Crippen molar-refractivity contribution in [3.63, 3.8) is 0 Å². The summed E-state index contributed by atoms with van der Waals surface area (Å²) in [5, 5.41) is 4.64. The normalized spacial score (nSPS) is 15.8. The highest BCUT2D eigenvalue weighted by Crippen LogP contribution is 2.62. The minimum Gasteiger partial charge on any atom is -0.455 e. The maximum Gasteiger partial charge on any atom is 0.167 e. The van der Waals surface area contributed by atoms with E-state index >= 15 is 0 Å². The molecule has 0 aliphatic heterocycles. The molecule has 5 nitrogen and oxygen atoms in total. The van der Waals surface area contributed by atoms with Gasteiger partial charge in [0.2, 0.25) is 0 Å². The minimum absolute atomic E-state index is 0.0129. The van der Waals surface area contributed by atoms with E-state index in [4.69, 9.17) is 19.4 Å². The molecule has 0 atom stereocenters. The largest absolute Gasteiger partial charge is 0.455 e. The summed E-state index contributed by atoms with van der Waals surface area (Å²) in [7, 11) is 0. The van der Waals surface area contributed by atoms with E-state index < -0.39 is 0 Å². The average molecular weight is 689 g/mol. The van der Waals surface area contributed by atoms with Crippen LogP contribution in [0.1, 0.15) is 52.7 Å². The lowest BCUT2D eigenvalue weighted by molar-refractivity contribution is 0.125. The third-order valence-corrected chi connectivity index (χ3v) is 13.0. The maximum absolute atomic E-state index is 6.45. The van der Waals surface area contributed by atoms with Gasteiger partial charge in [-0.25, -0.2) is 15.0 Å². The second-order valence-corrected chi connectivity index (χ2v) is 16.1. The van der Waals surface area contributed by atoms with Crippen LogP contribution >= 0.6 is 0 Å². The summed E-state index contributed by atoms with van der Waals surface area (Å²) in [6.07, 6.45) is 0. The fraction of sp³-hybridized carbons (Fsp3) is 0.188. The molecule has 6 aromatic carbocycles. The van der Waals surface area contributed by atoms with Gasteiger partial charge in [-0.2, -0.15) is 0 Å². The number of rotatable bonds is 4. The number of hydrogen-bond acceptors (Lipinski definition) is 4. The first kappa shape index (κ1) is 31.6. The van der Waals surface area contributed by atoms with Crippen LogP contribution in [-0.4, -0.2) is 19.5 Å². The zero-order chi connectivity index (χ0) is 36.3. The quantitative estimate of drug-likeness (QED) is 0.185. The van der Waals surface area contributed by atoms with Crippen molar-refractivity contribution in [2.45, 2.75) is 52.4 Å². The summed E-state index contributed by atoms with van der Waals surface area (Å²) in [4.78, 5) is 15.3. The van der Waals surface area contributed by atoms with Gasteiger partial charge in [0, 0.05) is 38.4 Å². The van der Waals surface area contributed by atoms with E-state index in [-0.39, 0.29) is 16.2 Å². The van der Waals surface area contributed by atoms with Crippen molar-refractivity contribution in [1.82, 2.24) is 19.5 Å². The molecule has 3 heterocycles. The molecular formula is C48H40N4O. The molecule has 10 rings (SSSR count). The molecule has 0 amide bonds. The van der Waals surface area contributed by atoms with E-state index in [1.165, 1.54) is 32.9 Å². The van der Waals surface area contributed by atoms with Gasteiger partial charge in [0.25, 0.3) is 0 Å². The van der Waals surface area contributed by atoms with Crippen LogP contribution in [0.5, 0.6) is 0 Å². The van der Waals surface area contributed by atoms with Crippen molar-refractivity contribution in [3.05, 3.63) is 145 Å². The van der Waals surface area contributed by atoms with E-state index in [0.29, 0.717) is 17.5 Å². The van der Waals surface area contributed by atoms with Gasteiger partial charge < -0.3 is 8.98 Å². The van der Waals surface area contributed by atoms with Crippen molar-refractivity contribution in [2.75, 3.05) is 0 Å². The molecule has 1 aliphatic carbocycles. The molecule has 1 aliphatic rings. The Kier molecular flexibility index (Phi) is 6.55. The molecule has 3 aromatic heterocycles. The number of furan rings is 1. The second-order valence-electron chi connectivity index (χ2n) is 16.1. The number of aromatic nitrogens is 4. The van der Waals surface area contributed by atoms with Crippen LogP contribution in [0.25, 0.3) is 83.6 Å². The minimum atomic E-state index is -0.0129. The fourth-order valence-electron chi connectivity index (χ4n) is 8.83. The van der Waals surface area contributed by atoms with Gasteiger partial charge in [-0.05, 0) is 69.8 Å². The summed E-state index contributed by atoms with van der Waals surface area (Å²) in [6.45, 7) is 14.5. The number of fused-ring (bicyclic) bond motifs is 7. The fourth-order valence-corrected chi connectivity index (χ4v) is 8.83. The zero-order valence-corrected chi connectivity index (χ0v) is 30.9. The molecular weight excluding hydrogens is 649 g/mol. The lowest BCUT2D eigenvalue weighted by Gasteiger charge is -2.44. The first-order chi connectivity index (χ1) is 25.5. The Labute approximate surface area is 309 Å². The van der Waals surface area contributed by atoms with Gasteiger partial charge in [-0.3, -0.25) is 0 Å². The molecule has 258 valence electrons. The summed E-state index contributed by atoms with van der Waals surface area (Å²) in [6, 6.07) is 46.8. The molecule has 0 fully saturated rings. The zero-order valence-electron chi connectivity index (χ0n) is 30.9. The van der Waals surface area contributed by atoms with Gasteiger partial charge >= 0.3 is 0 Å². The van der Waals surface area contributed by atoms with Crippen LogP contribution in [0.15, 0.2) is 138 Å². The van der Waals surface area contributed by atoms with Crippen LogP contribution in [0.4, 0.5) is 0 Å².